The highest BCUT2D eigenvalue weighted by Crippen LogP contribution is 2.34. The maximum atomic E-state index is 12.1. The molecule has 2 heterocycles. The second-order valence-electron chi connectivity index (χ2n) is 5.00. The summed E-state index contributed by atoms with van der Waals surface area (Å²) in [6, 6.07) is 11.9. The number of fused-ring (bicyclic) bond motifs is 1. The fourth-order valence-corrected chi connectivity index (χ4v) is 4.15. The molecule has 3 rings (SSSR count). The van der Waals surface area contributed by atoms with E-state index < -0.39 is 0 Å². The molecule has 0 spiro atoms. The number of thiazole rings is 1. The van der Waals surface area contributed by atoms with Gasteiger partial charge in [0, 0.05) is 12.2 Å². The summed E-state index contributed by atoms with van der Waals surface area (Å²) in [4.78, 5) is 18.3. The highest BCUT2D eigenvalue weighted by atomic mass is 35.5. The van der Waals surface area contributed by atoms with Gasteiger partial charge in [-0.2, -0.15) is 0 Å². The molecule has 136 valence electrons. The number of carbonyl (C=O) groups is 1. The molecule has 2 aromatic heterocycles. The van der Waals surface area contributed by atoms with E-state index in [0.29, 0.717) is 6.54 Å². The first-order valence-corrected chi connectivity index (χ1v) is 9.05. The summed E-state index contributed by atoms with van der Waals surface area (Å²) in [5.41, 5.74) is 1.01. The van der Waals surface area contributed by atoms with E-state index in [4.69, 9.17) is 0 Å². The standard InChI is InChI=1S/C16H18N4OS2.2ClH/c1-17-8-5-9-18-14(21)12-10-13-15(22-12)20-16(23-13)19-11-6-3-2-4-7-11;;/h2-4,6-7,10,17H,5,8-9H2,1H3,(H,18,21)(H,19,20);2*1H. The maximum absolute atomic E-state index is 12.1. The van der Waals surface area contributed by atoms with Crippen molar-refractivity contribution in [3.05, 3.63) is 41.3 Å². The van der Waals surface area contributed by atoms with Crippen molar-refractivity contribution >= 4 is 73.7 Å². The zero-order chi connectivity index (χ0) is 16.1. The summed E-state index contributed by atoms with van der Waals surface area (Å²) in [5, 5.41) is 10.1. The van der Waals surface area contributed by atoms with Gasteiger partial charge in [0.25, 0.3) is 5.91 Å². The van der Waals surface area contributed by atoms with E-state index in [0.717, 1.165) is 38.2 Å². The third kappa shape index (κ3) is 5.83. The van der Waals surface area contributed by atoms with Crippen LogP contribution in [0.25, 0.3) is 9.53 Å². The fraction of sp³-hybridized carbons (Fsp3) is 0.250. The molecule has 5 nitrogen and oxygen atoms in total. The number of hydrogen-bond acceptors (Lipinski definition) is 6. The van der Waals surface area contributed by atoms with Crippen molar-refractivity contribution in [1.29, 1.82) is 0 Å². The van der Waals surface area contributed by atoms with E-state index in [1.807, 2.05) is 43.4 Å². The van der Waals surface area contributed by atoms with Crippen molar-refractivity contribution in [2.24, 2.45) is 0 Å². The zero-order valence-electron chi connectivity index (χ0n) is 13.6. The van der Waals surface area contributed by atoms with Crippen LogP contribution in [-0.4, -0.2) is 31.0 Å². The van der Waals surface area contributed by atoms with Gasteiger partial charge in [0.05, 0.1) is 9.58 Å². The molecule has 0 radical (unpaired) electrons. The Morgan fingerprint density at radius 2 is 1.88 bits per heavy atom. The molecule has 1 aromatic carbocycles. The van der Waals surface area contributed by atoms with Crippen molar-refractivity contribution in [2.45, 2.75) is 6.42 Å². The van der Waals surface area contributed by atoms with Crippen molar-refractivity contribution in [3.8, 4) is 0 Å². The van der Waals surface area contributed by atoms with Gasteiger partial charge in [0.1, 0.15) is 4.83 Å². The predicted octanol–water partition coefficient (Wildman–Crippen LogP) is 4.28. The average Bonchev–Trinajstić information content (AvgIpc) is 3.11. The first-order chi connectivity index (χ1) is 11.3. The number of hydrogen-bond donors (Lipinski definition) is 3. The highest BCUT2D eigenvalue weighted by molar-refractivity contribution is 7.29. The number of thiophene rings is 1. The molecular formula is C16H20Cl2N4OS2. The number of nitrogens with zero attached hydrogens (tertiary/aromatic N) is 1. The van der Waals surface area contributed by atoms with E-state index in [-0.39, 0.29) is 30.7 Å². The SMILES string of the molecule is CNCCCNC(=O)c1cc2sc(Nc3ccccc3)nc2s1.Cl.Cl. The van der Waals surface area contributed by atoms with E-state index >= 15 is 0 Å². The van der Waals surface area contributed by atoms with Crippen molar-refractivity contribution in [1.82, 2.24) is 15.6 Å². The number of para-hydroxylation sites is 1. The lowest BCUT2D eigenvalue weighted by Crippen LogP contribution is -2.25. The number of amides is 1. The molecule has 25 heavy (non-hydrogen) atoms. The zero-order valence-corrected chi connectivity index (χ0v) is 16.8. The first kappa shape index (κ1) is 21.7. The van der Waals surface area contributed by atoms with E-state index in [1.54, 1.807) is 11.3 Å². The molecule has 0 aliphatic rings. The second-order valence-corrected chi connectivity index (χ2v) is 7.06. The maximum Gasteiger partial charge on any atom is 0.261 e. The lowest BCUT2D eigenvalue weighted by Gasteiger charge is -2.02. The topological polar surface area (TPSA) is 66.0 Å². The number of aromatic nitrogens is 1. The summed E-state index contributed by atoms with van der Waals surface area (Å²) in [6.45, 7) is 1.58. The Labute approximate surface area is 167 Å². The average molecular weight is 419 g/mol. The Bertz CT molecular complexity index is 760. The van der Waals surface area contributed by atoms with Crippen LogP contribution >= 0.6 is 47.5 Å². The quantitative estimate of drug-likeness (QED) is 0.500. The van der Waals surface area contributed by atoms with Crippen LogP contribution in [0, 0.1) is 0 Å². The van der Waals surface area contributed by atoms with Gasteiger partial charge in [-0.05, 0) is 38.2 Å². The Kier molecular flexibility index (Phi) is 9.16. The second kappa shape index (κ2) is 10.6. The third-order valence-corrected chi connectivity index (χ3v) is 5.30. The fourth-order valence-electron chi connectivity index (χ4n) is 2.10. The molecule has 3 N–H and O–H groups in total. The minimum Gasteiger partial charge on any atom is -0.351 e. The largest absolute Gasteiger partial charge is 0.351 e. The van der Waals surface area contributed by atoms with Crippen LogP contribution in [-0.2, 0) is 0 Å². The number of anilines is 2. The third-order valence-electron chi connectivity index (χ3n) is 3.23. The summed E-state index contributed by atoms with van der Waals surface area (Å²) >= 11 is 2.99. The minimum absolute atomic E-state index is 0. The van der Waals surface area contributed by atoms with Crippen molar-refractivity contribution < 1.29 is 4.79 Å². The lowest BCUT2D eigenvalue weighted by molar-refractivity contribution is 0.0957. The number of halogens is 2. The Balaban J connectivity index is 0.00000156. The molecule has 0 bridgehead atoms. The van der Waals surface area contributed by atoms with Gasteiger partial charge in [0.15, 0.2) is 5.13 Å². The van der Waals surface area contributed by atoms with Crippen LogP contribution in [0.1, 0.15) is 16.1 Å². The summed E-state index contributed by atoms with van der Waals surface area (Å²) < 4.78 is 1.04. The molecular weight excluding hydrogens is 399 g/mol. The van der Waals surface area contributed by atoms with Gasteiger partial charge < -0.3 is 16.0 Å². The molecule has 0 saturated carbocycles. The summed E-state index contributed by atoms with van der Waals surface area (Å²) in [7, 11) is 1.90. The highest BCUT2D eigenvalue weighted by Gasteiger charge is 2.13. The van der Waals surface area contributed by atoms with E-state index in [2.05, 4.69) is 20.9 Å². The molecule has 9 heteroatoms. The summed E-state index contributed by atoms with van der Waals surface area (Å²) in [5.74, 6) is -0.0196. The van der Waals surface area contributed by atoms with Crippen LogP contribution in [0.2, 0.25) is 0 Å². The molecule has 0 unspecified atom stereocenters. The van der Waals surface area contributed by atoms with Gasteiger partial charge in [-0.25, -0.2) is 4.98 Å². The summed E-state index contributed by atoms with van der Waals surface area (Å²) in [6.07, 6.45) is 0.922. The van der Waals surface area contributed by atoms with Gasteiger partial charge >= 0.3 is 0 Å². The Hall–Kier alpha value is -1.38. The Morgan fingerprint density at radius 1 is 1.12 bits per heavy atom. The van der Waals surface area contributed by atoms with Crippen LogP contribution in [0.15, 0.2) is 36.4 Å². The van der Waals surface area contributed by atoms with Gasteiger partial charge in [0.2, 0.25) is 0 Å². The van der Waals surface area contributed by atoms with Crippen LogP contribution in [0.5, 0.6) is 0 Å². The smallest absolute Gasteiger partial charge is 0.261 e. The Morgan fingerprint density at radius 3 is 2.56 bits per heavy atom. The van der Waals surface area contributed by atoms with Crippen LogP contribution < -0.4 is 16.0 Å². The number of benzene rings is 1. The molecule has 0 aliphatic carbocycles. The number of nitrogens with one attached hydrogen (secondary N) is 3. The monoisotopic (exact) mass is 418 g/mol. The first-order valence-electron chi connectivity index (χ1n) is 7.41. The minimum atomic E-state index is -0.0196. The van der Waals surface area contributed by atoms with Crippen LogP contribution in [0.3, 0.4) is 0 Å². The predicted molar refractivity (Wildman–Crippen MR) is 113 cm³/mol. The molecule has 0 saturated heterocycles. The lowest BCUT2D eigenvalue weighted by atomic mass is 10.3. The molecule has 0 aliphatic heterocycles. The van der Waals surface area contributed by atoms with Crippen molar-refractivity contribution in [2.75, 3.05) is 25.5 Å². The van der Waals surface area contributed by atoms with Gasteiger partial charge in [-0.1, -0.05) is 29.5 Å². The molecule has 0 atom stereocenters. The van der Waals surface area contributed by atoms with Crippen LogP contribution in [0.4, 0.5) is 10.8 Å². The molecule has 3 aromatic rings. The normalized spacial score (nSPS) is 9.96. The molecule has 1 amide bonds. The van der Waals surface area contributed by atoms with Gasteiger partial charge in [-0.15, -0.1) is 36.2 Å². The number of carbonyl (C=O) groups excluding carboxylic acids is 1. The number of rotatable bonds is 7. The molecule has 0 fully saturated rings. The van der Waals surface area contributed by atoms with Crippen molar-refractivity contribution in [3.63, 3.8) is 0 Å². The van der Waals surface area contributed by atoms with E-state index in [1.165, 1.54) is 11.3 Å². The van der Waals surface area contributed by atoms with Gasteiger partial charge in [-0.3, -0.25) is 4.79 Å². The van der Waals surface area contributed by atoms with E-state index in [9.17, 15) is 4.79 Å².